The van der Waals surface area contributed by atoms with E-state index >= 15 is 0 Å². The molecular formula is C11H19N5O2S. The van der Waals surface area contributed by atoms with Crippen LogP contribution in [-0.2, 0) is 10.0 Å². The minimum Gasteiger partial charge on any atom is -0.324 e. The molecule has 0 saturated carbocycles. The Bertz CT molecular complexity index is 508. The molecule has 8 heteroatoms. The van der Waals surface area contributed by atoms with Crippen LogP contribution in [0.4, 0.5) is 5.69 Å². The Balaban J connectivity index is 2.05. The van der Waals surface area contributed by atoms with E-state index in [1.165, 1.54) is 12.1 Å². The van der Waals surface area contributed by atoms with Crippen LogP contribution in [0.15, 0.2) is 29.2 Å². The normalized spacial score (nSPS) is 18.4. The van der Waals surface area contributed by atoms with Crippen molar-refractivity contribution in [2.45, 2.75) is 4.90 Å². The van der Waals surface area contributed by atoms with Gasteiger partial charge < -0.3 is 10.3 Å². The SMILES string of the molecule is CN1CCN(NS(=O)(=O)c2ccc(NN)cc2)CC1. The van der Waals surface area contributed by atoms with Crippen LogP contribution in [0.2, 0.25) is 0 Å². The molecule has 0 amide bonds. The van der Waals surface area contributed by atoms with Crippen LogP contribution >= 0.6 is 0 Å². The Morgan fingerprint density at radius 1 is 1.11 bits per heavy atom. The third-order valence-electron chi connectivity index (χ3n) is 3.08. The highest BCUT2D eigenvalue weighted by atomic mass is 32.2. The number of benzene rings is 1. The molecule has 2 rings (SSSR count). The van der Waals surface area contributed by atoms with Crippen molar-refractivity contribution in [1.82, 2.24) is 14.7 Å². The zero-order chi connectivity index (χ0) is 13.9. The quantitative estimate of drug-likeness (QED) is 0.506. The second-order valence-electron chi connectivity index (χ2n) is 4.55. The fourth-order valence-corrected chi connectivity index (χ4v) is 2.97. The average Bonchev–Trinajstić information content (AvgIpc) is 2.41. The lowest BCUT2D eigenvalue weighted by Gasteiger charge is -2.32. The van der Waals surface area contributed by atoms with Gasteiger partial charge in [0.2, 0.25) is 0 Å². The van der Waals surface area contributed by atoms with Crippen LogP contribution in [0, 0.1) is 0 Å². The van der Waals surface area contributed by atoms with Gasteiger partial charge in [0.25, 0.3) is 10.0 Å². The van der Waals surface area contributed by atoms with Crippen LogP contribution in [0.3, 0.4) is 0 Å². The second-order valence-corrected chi connectivity index (χ2v) is 6.21. The smallest absolute Gasteiger partial charge is 0.253 e. The predicted molar refractivity (Wildman–Crippen MR) is 73.6 cm³/mol. The summed E-state index contributed by atoms with van der Waals surface area (Å²) in [5.74, 6) is 5.24. The molecule has 0 aliphatic carbocycles. The first-order valence-corrected chi connectivity index (χ1v) is 7.52. The fourth-order valence-electron chi connectivity index (χ4n) is 1.85. The highest BCUT2D eigenvalue weighted by Gasteiger charge is 2.21. The van der Waals surface area contributed by atoms with Gasteiger partial charge in [-0.25, -0.2) is 13.4 Å². The number of hydrogen-bond donors (Lipinski definition) is 3. The molecule has 1 saturated heterocycles. The minimum atomic E-state index is -3.51. The molecule has 1 aliphatic heterocycles. The third kappa shape index (κ3) is 3.64. The van der Waals surface area contributed by atoms with Gasteiger partial charge in [0.15, 0.2) is 0 Å². The topological polar surface area (TPSA) is 90.7 Å². The zero-order valence-corrected chi connectivity index (χ0v) is 11.7. The van der Waals surface area contributed by atoms with Crippen molar-refractivity contribution in [1.29, 1.82) is 0 Å². The number of nitrogens with one attached hydrogen (secondary N) is 2. The van der Waals surface area contributed by atoms with Gasteiger partial charge in [-0.3, -0.25) is 5.84 Å². The van der Waals surface area contributed by atoms with Gasteiger partial charge >= 0.3 is 0 Å². The van der Waals surface area contributed by atoms with Gasteiger partial charge in [-0.15, -0.1) is 4.83 Å². The number of rotatable bonds is 4. The first kappa shape index (κ1) is 14.2. The predicted octanol–water partition coefficient (Wildman–Crippen LogP) is -0.587. The summed E-state index contributed by atoms with van der Waals surface area (Å²) in [5.41, 5.74) is 3.13. The summed E-state index contributed by atoms with van der Waals surface area (Å²) < 4.78 is 24.3. The summed E-state index contributed by atoms with van der Waals surface area (Å²) in [6.45, 7) is 3.05. The van der Waals surface area contributed by atoms with Crippen molar-refractivity contribution in [3.8, 4) is 0 Å². The number of nitrogens with zero attached hydrogens (tertiary/aromatic N) is 2. The third-order valence-corrected chi connectivity index (χ3v) is 4.48. The average molecular weight is 285 g/mol. The van der Waals surface area contributed by atoms with Gasteiger partial charge in [-0.05, 0) is 31.3 Å². The molecule has 0 bridgehead atoms. The maximum Gasteiger partial charge on any atom is 0.253 e. The summed E-state index contributed by atoms with van der Waals surface area (Å²) in [6.07, 6.45) is 0. The largest absolute Gasteiger partial charge is 0.324 e. The molecule has 4 N–H and O–H groups in total. The lowest BCUT2D eigenvalue weighted by atomic mass is 10.3. The van der Waals surface area contributed by atoms with E-state index in [9.17, 15) is 8.42 Å². The van der Waals surface area contributed by atoms with Crippen molar-refractivity contribution in [3.63, 3.8) is 0 Å². The van der Waals surface area contributed by atoms with Crippen molar-refractivity contribution < 1.29 is 8.42 Å². The lowest BCUT2D eigenvalue weighted by molar-refractivity contribution is 0.135. The number of nitrogens with two attached hydrogens (primary N) is 1. The molecule has 0 unspecified atom stereocenters. The first-order chi connectivity index (χ1) is 9.01. The maximum atomic E-state index is 12.2. The lowest BCUT2D eigenvalue weighted by Crippen LogP contribution is -2.52. The number of sulfonamides is 1. The number of nitrogen functional groups attached to an aromatic ring is 1. The second kappa shape index (κ2) is 5.85. The number of hydrazine groups is 2. The summed E-state index contributed by atoms with van der Waals surface area (Å²) in [4.78, 5) is 4.98. The van der Waals surface area contributed by atoms with E-state index in [0.717, 1.165) is 13.1 Å². The number of likely N-dealkylation sites (N-methyl/N-ethyl adjacent to an activating group) is 1. The molecule has 1 aliphatic rings. The minimum absolute atomic E-state index is 0.227. The monoisotopic (exact) mass is 285 g/mol. The van der Waals surface area contributed by atoms with Crippen LogP contribution in [0.5, 0.6) is 0 Å². The molecule has 0 spiro atoms. The molecule has 0 aromatic heterocycles. The Morgan fingerprint density at radius 2 is 1.68 bits per heavy atom. The summed E-state index contributed by atoms with van der Waals surface area (Å²) in [7, 11) is -1.50. The van der Waals surface area contributed by atoms with Crippen LogP contribution in [0.1, 0.15) is 0 Å². The Morgan fingerprint density at radius 3 is 2.21 bits per heavy atom. The molecule has 1 aromatic rings. The van der Waals surface area contributed by atoms with E-state index in [4.69, 9.17) is 5.84 Å². The highest BCUT2D eigenvalue weighted by Crippen LogP contribution is 2.13. The van der Waals surface area contributed by atoms with Gasteiger partial charge in [0, 0.05) is 31.9 Å². The number of piperazine rings is 1. The molecule has 1 fully saturated rings. The van der Waals surface area contributed by atoms with E-state index in [1.54, 1.807) is 17.1 Å². The summed E-state index contributed by atoms with van der Waals surface area (Å²) in [5, 5.41) is 1.73. The van der Waals surface area contributed by atoms with Crippen molar-refractivity contribution in [3.05, 3.63) is 24.3 Å². The molecule has 106 valence electrons. The molecule has 0 atom stereocenters. The van der Waals surface area contributed by atoms with Gasteiger partial charge in [-0.2, -0.15) is 0 Å². The maximum absolute atomic E-state index is 12.2. The van der Waals surface area contributed by atoms with E-state index < -0.39 is 10.0 Å². The van der Waals surface area contributed by atoms with Gasteiger partial charge in [0.05, 0.1) is 4.90 Å². The van der Waals surface area contributed by atoms with E-state index in [2.05, 4.69) is 15.2 Å². The highest BCUT2D eigenvalue weighted by molar-refractivity contribution is 7.89. The zero-order valence-electron chi connectivity index (χ0n) is 10.8. The Labute approximate surface area is 113 Å². The molecule has 0 radical (unpaired) electrons. The Kier molecular flexibility index (Phi) is 4.38. The van der Waals surface area contributed by atoms with E-state index in [1.807, 2.05) is 7.05 Å². The van der Waals surface area contributed by atoms with Crippen LogP contribution in [0.25, 0.3) is 0 Å². The van der Waals surface area contributed by atoms with Gasteiger partial charge in [-0.1, -0.05) is 0 Å². The molecule has 7 nitrogen and oxygen atoms in total. The molecule has 1 heterocycles. The summed E-state index contributed by atoms with van der Waals surface area (Å²) in [6, 6.07) is 6.29. The van der Waals surface area contributed by atoms with Crippen LogP contribution in [-0.4, -0.2) is 51.6 Å². The molecule has 19 heavy (non-hydrogen) atoms. The van der Waals surface area contributed by atoms with Crippen molar-refractivity contribution in [2.75, 3.05) is 38.7 Å². The van der Waals surface area contributed by atoms with Gasteiger partial charge in [0.1, 0.15) is 0 Å². The van der Waals surface area contributed by atoms with Crippen LogP contribution < -0.4 is 16.1 Å². The number of anilines is 1. The number of hydrogen-bond acceptors (Lipinski definition) is 6. The Hall–Kier alpha value is -1.19. The molecular weight excluding hydrogens is 266 g/mol. The van der Waals surface area contributed by atoms with Crippen molar-refractivity contribution in [2.24, 2.45) is 5.84 Å². The summed E-state index contributed by atoms with van der Waals surface area (Å²) >= 11 is 0. The standard InChI is InChI=1S/C11H19N5O2S/c1-15-6-8-16(9-7-15)14-19(17,18)11-4-2-10(13-12)3-5-11/h2-5,13-14H,6-9,12H2,1H3. The van der Waals surface area contributed by atoms with E-state index in [-0.39, 0.29) is 4.90 Å². The van der Waals surface area contributed by atoms with E-state index in [0.29, 0.717) is 18.8 Å². The molecule has 1 aromatic carbocycles. The van der Waals surface area contributed by atoms with Crippen molar-refractivity contribution >= 4 is 15.7 Å². The fraction of sp³-hybridized carbons (Fsp3) is 0.455. The first-order valence-electron chi connectivity index (χ1n) is 6.04.